The highest BCUT2D eigenvalue weighted by molar-refractivity contribution is 5.64. The van der Waals surface area contributed by atoms with Crippen LogP contribution in [0.1, 0.15) is 19.3 Å². The maximum atomic E-state index is 9.74. The molecule has 54 valence electrons. The number of carbonyl (C=O) groups is 1. The quantitative estimate of drug-likeness (QED) is 0.248. The van der Waals surface area contributed by atoms with E-state index in [4.69, 9.17) is 0 Å². The van der Waals surface area contributed by atoms with Crippen molar-refractivity contribution in [1.82, 2.24) is 0 Å². The Bertz CT molecular complexity index is 153. The average Bonchev–Trinajstić information content (AvgIpc) is 1.97. The highest BCUT2D eigenvalue weighted by atomic mass is 16.1. The lowest BCUT2D eigenvalue weighted by molar-refractivity contribution is -0.104. The molecule has 0 atom stereocenters. The van der Waals surface area contributed by atoms with E-state index in [0.717, 1.165) is 25.5 Å². The SMILES string of the molecule is O=C=CCCC/C=C/C=O. The van der Waals surface area contributed by atoms with Crippen molar-refractivity contribution >= 4 is 12.2 Å². The van der Waals surface area contributed by atoms with Crippen LogP contribution < -0.4 is 0 Å². The van der Waals surface area contributed by atoms with Crippen LogP contribution in [0.4, 0.5) is 0 Å². The molecule has 0 unspecified atom stereocenters. The lowest BCUT2D eigenvalue weighted by atomic mass is 10.2. The van der Waals surface area contributed by atoms with Crippen LogP contribution in [0.5, 0.6) is 0 Å². The van der Waals surface area contributed by atoms with E-state index in [2.05, 4.69) is 0 Å². The second-order valence-electron chi connectivity index (χ2n) is 1.82. The van der Waals surface area contributed by atoms with Crippen molar-refractivity contribution in [3.8, 4) is 0 Å². The van der Waals surface area contributed by atoms with Gasteiger partial charge in [0, 0.05) is 0 Å². The fraction of sp³-hybridized carbons (Fsp3) is 0.375. The Morgan fingerprint density at radius 1 is 1.30 bits per heavy atom. The zero-order valence-electron chi connectivity index (χ0n) is 5.75. The molecule has 2 nitrogen and oxygen atoms in total. The van der Waals surface area contributed by atoms with E-state index in [1.54, 1.807) is 12.0 Å². The predicted molar refractivity (Wildman–Crippen MR) is 39.3 cm³/mol. The maximum Gasteiger partial charge on any atom is 0.142 e. The van der Waals surface area contributed by atoms with Gasteiger partial charge in [0.25, 0.3) is 0 Å². The lowest BCUT2D eigenvalue weighted by Crippen LogP contribution is -1.69. The summed E-state index contributed by atoms with van der Waals surface area (Å²) in [7, 11) is 0. The molecule has 2 heteroatoms. The van der Waals surface area contributed by atoms with Gasteiger partial charge >= 0.3 is 0 Å². The molecule has 10 heavy (non-hydrogen) atoms. The number of hydrogen-bond donors (Lipinski definition) is 0. The molecule has 0 heterocycles. The molecule has 0 aromatic carbocycles. The van der Waals surface area contributed by atoms with Gasteiger partial charge in [0.1, 0.15) is 12.2 Å². The Hall–Kier alpha value is -1.14. The normalized spacial score (nSPS) is 9.20. The monoisotopic (exact) mass is 138 g/mol. The highest BCUT2D eigenvalue weighted by Gasteiger charge is 1.78. The van der Waals surface area contributed by atoms with Gasteiger partial charge in [-0.05, 0) is 31.4 Å². The van der Waals surface area contributed by atoms with Gasteiger partial charge in [-0.15, -0.1) is 0 Å². The minimum absolute atomic E-state index is 0.743. The van der Waals surface area contributed by atoms with Crippen LogP contribution in [-0.2, 0) is 9.59 Å². The molecule has 0 amide bonds. The van der Waals surface area contributed by atoms with Crippen LogP contribution in [0.2, 0.25) is 0 Å². The van der Waals surface area contributed by atoms with E-state index in [0.29, 0.717) is 0 Å². The minimum Gasteiger partial charge on any atom is -0.299 e. The second-order valence-corrected chi connectivity index (χ2v) is 1.82. The first kappa shape index (κ1) is 8.86. The van der Waals surface area contributed by atoms with Crippen molar-refractivity contribution in [1.29, 1.82) is 0 Å². The molecule has 0 rings (SSSR count). The molecule has 0 radical (unpaired) electrons. The van der Waals surface area contributed by atoms with Crippen LogP contribution in [-0.4, -0.2) is 12.2 Å². The number of aldehydes is 1. The van der Waals surface area contributed by atoms with Gasteiger partial charge in [-0.2, -0.15) is 0 Å². The number of carbonyl (C=O) groups excluding carboxylic acids is 2. The molecule has 0 saturated carbocycles. The molecule has 0 spiro atoms. The molecule has 0 aromatic heterocycles. The number of allylic oxidation sites excluding steroid dienone is 3. The van der Waals surface area contributed by atoms with Gasteiger partial charge in [-0.3, -0.25) is 4.79 Å². The molecule has 0 bridgehead atoms. The summed E-state index contributed by atoms with van der Waals surface area (Å²) in [5.41, 5.74) is 0. The summed E-state index contributed by atoms with van der Waals surface area (Å²) in [5.74, 6) is 1.69. The van der Waals surface area contributed by atoms with Gasteiger partial charge in [-0.1, -0.05) is 6.08 Å². The summed E-state index contributed by atoms with van der Waals surface area (Å²) in [6.07, 6.45) is 7.93. The minimum atomic E-state index is 0.743. The summed E-state index contributed by atoms with van der Waals surface area (Å²) in [6.45, 7) is 0. The molecule has 0 saturated heterocycles. The van der Waals surface area contributed by atoms with Crippen LogP contribution in [0.25, 0.3) is 0 Å². The van der Waals surface area contributed by atoms with Crippen molar-refractivity contribution in [2.75, 3.05) is 0 Å². The summed E-state index contributed by atoms with van der Waals surface area (Å²) in [4.78, 5) is 19.4. The van der Waals surface area contributed by atoms with E-state index < -0.39 is 0 Å². The summed E-state index contributed by atoms with van der Waals surface area (Å²) in [5, 5.41) is 0. The fourth-order valence-corrected chi connectivity index (χ4v) is 0.548. The molecule has 0 aliphatic heterocycles. The van der Waals surface area contributed by atoms with E-state index in [1.807, 2.05) is 0 Å². The molecule has 0 aliphatic carbocycles. The predicted octanol–water partition coefficient (Wildman–Crippen LogP) is 1.30. The summed E-state index contributed by atoms with van der Waals surface area (Å²) in [6, 6.07) is 0. The third kappa shape index (κ3) is 6.86. The van der Waals surface area contributed by atoms with Gasteiger partial charge < -0.3 is 0 Å². The van der Waals surface area contributed by atoms with E-state index >= 15 is 0 Å². The van der Waals surface area contributed by atoms with Crippen molar-refractivity contribution in [2.45, 2.75) is 19.3 Å². The molecule has 0 aromatic rings. The van der Waals surface area contributed by atoms with Crippen molar-refractivity contribution in [3.63, 3.8) is 0 Å². The van der Waals surface area contributed by atoms with E-state index in [-0.39, 0.29) is 0 Å². The zero-order valence-corrected chi connectivity index (χ0v) is 5.75. The Morgan fingerprint density at radius 3 is 2.70 bits per heavy atom. The summed E-state index contributed by atoms with van der Waals surface area (Å²) >= 11 is 0. The molecular formula is C8H10O2. The largest absolute Gasteiger partial charge is 0.299 e. The molecular weight excluding hydrogens is 128 g/mol. The Kier molecular flexibility index (Phi) is 6.96. The van der Waals surface area contributed by atoms with Crippen molar-refractivity contribution in [2.24, 2.45) is 0 Å². The zero-order chi connectivity index (χ0) is 7.66. The molecule has 0 aliphatic rings. The third-order valence-electron chi connectivity index (χ3n) is 1.02. The molecule has 0 N–H and O–H groups in total. The fourth-order valence-electron chi connectivity index (χ4n) is 0.548. The van der Waals surface area contributed by atoms with Crippen LogP contribution in [0.15, 0.2) is 18.2 Å². The number of rotatable bonds is 5. The summed E-state index contributed by atoms with van der Waals surface area (Å²) < 4.78 is 0. The highest BCUT2D eigenvalue weighted by Crippen LogP contribution is 1.95. The van der Waals surface area contributed by atoms with Crippen molar-refractivity contribution in [3.05, 3.63) is 18.2 Å². The Balaban J connectivity index is 3.12. The van der Waals surface area contributed by atoms with Crippen LogP contribution >= 0.6 is 0 Å². The lowest BCUT2D eigenvalue weighted by Gasteiger charge is -1.84. The van der Waals surface area contributed by atoms with Crippen LogP contribution in [0.3, 0.4) is 0 Å². The standard InChI is InChI=1S/C8H10O2/c9-7-5-3-1-2-4-6-8-10/h3,5-7H,1-2,4H2/b5-3+. The topological polar surface area (TPSA) is 34.1 Å². The average molecular weight is 138 g/mol. The second kappa shape index (κ2) is 7.86. The van der Waals surface area contributed by atoms with E-state index in [9.17, 15) is 9.59 Å². The smallest absolute Gasteiger partial charge is 0.142 e. The first-order chi connectivity index (χ1) is 4.91. The Labute approximate surface area is 60.2 Å². The van der Waals surface area contributed by atoms with Gasteiger partial charge in [-0.25, -0.2) is 4.79 Å². The first-order valence-electron chi connectivity index (χ1n) is 3.21. The van der Waals surface area contributed by atoms with Crippen molar-refractivity contribution < 1.29 is 9.59 Å². The van der Waals surface area contributed by atoms with Gasteiger partial charge in [0.2, 0.25) is 0 Å². The first-order valence-corrected chi connectivity index (χ1v) is 3.21. The molecule has 0 fully saturated rings. The number of unbranched alkanes of at least 4 members (excludes halogenated alkanes) is 2. The Morgan fingerprint density at radius 2 is 2.10 bits per heavy atom. The van der Waals surface area contributed by atoms with E-state index in [1.165, 1.54) is 12.2 Å². The maximum absolute atomic E-state index is 9.74. The van der Waals surface area contributed by atoms with Gasteiger partial charge in [0.15, 0.2) is 0 Å². The van der Waals surface area contributed by atoms with Gasteiger partial charge in [0.05, 0.1) is 0 Å². The number of hydrogen-bond acceptors (Lipinski definition) is 2. The van der Waals surface area contributed by atoms with Crippen LogP contribution in [0, 0.1) is 0 Å². The third-order valence-corrected chi connectivity index (χ3v) is 1.02.